The summed E-state index contributed by atoms with van der Waals surface area (Å²) in [7, 11) is 1.78. The number of nitrogens with zero attached hydrogens (tertiary/aromatic N) is 2. The van der Waals surface area contributed by atoms with E-state index in [0.29, 0.717) is 19.2 Å². The molecule has 2 N–H and O–H groups in total. The maximum atomic E-state index is 6.11. The molecule has 0 amide bonds. The number of rotatable bonds is 8. The Morgan fingerprint density at radius 3 is 2.57 bits per heavy atom. The molecular weight excluding hydrogens is 467 g/mol. The summed E-state index contributed by atoms with van der Waals surface area (Å²) in [6.07, 6.45) is 5.65. The minimum atomic E-state index is 0. The Morgan fingerprint density at radius 1 is 1.18 bits per heavy atom. The van der Waals surface area contributed by atoms with Gasteiger partial charge in [-0.25, -0.2) is 0 Å². The van der Waals surface area contributed by atoms with E-state index in [0.717, 1.165) is 60.0 Å². The first-order valence-corrected chi connectivity index (χ1v) is 9.90. The van der Waals surface area contributed by atoms with Gasteiger partial charge in [0.1, 0.15) is 11.5 Å². The molecule has 0 saturated heterocycles. The van der Waals surface area contributed by atoms with E-state index in [-0.39, 0.29) is 24.0 Å². The zero-order valence-electron chi connectivity index (χ0n) is 17.0. The van der Waals surface area contributed by atoms with Crippen molar-refractivity contribution >= 4 is 29.9 Å². The third kappa shape index (κ3) is 5.62. The predicted octanol–water partition coefficient (Wildman–Crippen LogP) is 4.21. The topological polar surface area (TPSA) is 71.7 Å². The summed E-state index contributed by atoms with van der Waals surface area (Å²) in [6, 6.07) is 8.20. The number of aliphatic imine (C=N–C) groups is 1. The average Bonchev–Trinajstić information content (AvgIpc) is 3.07. The second kappa shape index (κ2) is 11.3. The van der Waals surface area contributed by atoms with Crippen molar-refractivity contribution in [3.05, 3.63) is 46.8 Å². The van der Waals surface area contributed by atoms with Crippen LogP contribution < -0.4 is 15.4 Å². The van der Waals surface area contributed by atoms with E-state index < -0.39 is 0 Å². The fourth-order valence-electron chi connectivity index (χ4n) is 3.14. The van der Waals surface area contributed by atoms with E-state index in [1.807, 2.05) is 18.2 Å². The number of halogens is 1. The van der Waals surface area contributed by atoms with Crippen LogP contribution in [0.5, 0.6) is 5.75 Å². The molecule has 7 heteroatoms. The second-order valence-corrected chi connectivity index (χ2v) is 6.80. The molecule has 1 saturated carbocycles. The van der Waals surface area contributed by atoms with Crippen molar-refractivity contribution in [3.63, 3.8) is 0 Å². The van der Waals surface area contributed by atoms with Gasteiger partial charge in [0.05, 0.1) is 11.8 Å². The van der Waals surface area contributed by atoms with Crippen molar-refractivity contribution in [1.82, 2.24) is 15.8 Å². The summed E-state index contributed by atoms with van der Waals surface area (Å²) in [5.41, 5.74) is 3.28. The molecule has 0 atom stereocenters. The molecule has 1 aromatic carbocycles. The van der Waals surface area contributed by atoms with Crippen molar-refractivity contribution in [2.75, 3.05) is 7.05 Å². The fraction of sp³-hybridized carbons (Fsp3) is 0.524. The molecule has 154 valence electrons. The van der Waals surface area contributed by atoms with Crippen LogP contribution in [-0.2, 0) is 25.9 Å². The summed E-state index contributed by atoms with van der Waals surface area (Å²) in [5.74, 6) is 2.65. The van der Waals surface area contributed by atoms with Crippen LogP contribution in [-0.4, -0.2) is 24.3 Å². The third-order valence-corrected chi connectivity index (χ3v) is 5.03. The Bertz CT molecular complexity index is 750. The van der Waals surface area contributed by atoms with E-state index in [2.05, 4.69) is 40.7 Å². The van der Waals surface area contributed by atoms with Gasteiger partial charge in [0, 0.05) is 37.7 Å². The highest BCUT2D eigenvalue weighted by atomic mass is 127. The molecule has 0 radical (unpaired) electrons. The SMILES string of the molecule is CCc1noc(CC)c1CNC(=NC)NCc1ccccc1OC1CCC1.I. The van der Waals surface area contributed by atoms with E-state index in [1.165, 1.54) is 6.42 Å². The first kappa shape index (κ1) is 22.5. The highest BCUT2D eigenvalue weighted by Crippen LogP contribution is 2.27. The second-order valence-electron chi connectivity index (χ2n) is 6.80. The minimum Gasteiger partial charge on any atom is -0.490 e. The summed E-state index contributed by atoms with van der Waals surface area (Å²) in [5, 5.41) is 10.9. The molecule has 1 aliphatic rings. The zero-order chi connectivity index (χ0) is 19.1. The lowest BCUT2D eigenvalue weighted by atomic mass is 9.96. The van der Waals surface area contributed by atoms with Crippen LogP contribution in [0.1, 0.15) is 55.7 Å². The van der Waals surface area contributed by atoms with Gasteiger partial charge in [-0.1, -0.05) is 37.2 Å². The molecule has 0 unspecified atom stereocenters. The molecule has 0 bridgehead atoms. The van der Waals surface area contributed by atoms with E-state index >= 15 is 0 Å². The molecule has 0 aliphatic heterocycles. The zero-order valence-corrected chi connectivity index (χ0v) is 19.3. The average molecular weight is 498 g/mol. The van der Waals surface area contributed by atoms with Crippen LogP contribution in [0.3, 0.4) is 0 Å². The normalized spacial score (nSPS) is 14.2. The Morgan fingerprint density at radius 2 is 1.93 bits per heavy atom. The van der Waals surface area contributed by atoms with E-state index in [1.54, 1.807) is 7.05 Å². The third-order valence-electron chi connectivity index (χ3n) is 5.03. The van der Waals surface area contributed by atoms with Crippen molar-refractivity contribution < 1.29 is 9.26 Å². The Balaban J connectivity index is 0.00000280. The number of aryl methyl sites for hydroxylation is 2. The number of nitrogens with one attached hydrogen (secondary N) is 2. The molecule has 0 spiro atoms. The van der Waals surface area contributed by atoms with Gasteiger partial charge in [-0.15, -0.1) is 24.0 Å². The van der Waals surface area contributed by atoms with Crippen molar-refractivity contribution in [2.24, 2.45) is 4.99 Å². The number of ether oxygens (including phenoxy) is 1. The van der Waals surface area contributed by atoms with Gasteiger partial charge < -0.3 is 19.9 Å². The van der Waals surface area contributed by atoms with E-state index in [9.17, 15) is 0 Å². The number of guanidine groups is 1. The summed E-state index contributed by atoms with van der Waals surface area (Å²) in [4.78, 5) is 4.33. The van der Waals surface area contributed by atoms with Crippen LogP contribution in [0, 0.1) is 0 Å². The maximum absolute atomic E-state index is 6.11. The van der Waals surface area contributed by atoms with Crippen molar-refractivity contribution in [1.29, 1.82) is 0 Å². The van der Waals surface area contributed by atoms with Gasteiger partial charge in [-0.3, -0.25) is 4.99 Å². The molecular formula is C21H31IN4O2. The molecule has 1 aliphatic carbocycles. The van der Waals surface area contributed by atoms with Gasteiger partial charge in [0.25, 0.3) is 0 Å². The Hall–Kier alpha value is -1.77. The van der Waals surface area contributed by atoms with Crippen LogP contribution >= 0.6 is 24.0 Å². The van der Waals surface area contributed by atoms with E-state index in [4.69, 9.17) is 9.26 Å². The maximum Gasteiger partial charge on any atom is 0.191 e. The van der Waals surface area contributed by atoms with Crippen molar-refractivity contribution in [3.8, 4) is 5.75 Å². The van der Waals surface area contributed by atoms with Crippen LogP contribution in [0.25, 0.3) is 0 Å². The monoisotopic (exact) mass is 498 g/mol. The molecule has 3 rings (SSSR count). The summed E-state index contributed by atoms with van der Waals surface area (Å²) >= 11 is 0. The fourth-order valence-corrected chi connectivity index (χ4v) is 3.14. The van der Waals surface area contributed by atoms with Gasteiger partial charge >= 0.3 is 0 Å². The van der Waals surface area contributed by atoms with Gasteiger partial charge in [0.15, 0.2) is 5.96 Å². The molecule has 28 heavy (non-hydrogen) atoms. The standard InChI is InChI=1S/C21H30N4O2.HI/c1-4-18-17(19(5-2)27-25-18)14-24-21(22-3)23-13-15-9-6-7-12-20(15)26-16-10-8-11-16;/h6-7,9,12,16H,4-5,8,10-11,13-14H2,1-3H3,(H2,22,23,24);1H. The van der Waals surface area contributed by atoms with Gasteiger partial charge in [-0.05, 0) is 31.7 Å². The molecule has 2 aromatic rings. The van der Waals surface area contributed by atoms with Crippen LogP contribution in [0.2, 0.25) is 0 Å². The van der Waals surface area contributed by atoms with Crippen molar-refractivity contribution in [2.45, 2.75) is 65.1 Å². The summed E-state index contributed by atoms with van der Waals surface area (Å²) in [6.45, 7) is 5.48. The first-order chi connectivity index (χ1) is 13.2. The molecule has 1 fully saturated rings. The number of hydrogen-bond donors (Lipinski definition) is 2. The highest BCUT2D eigenvalue weighted by molar-refractivity contribution is 14.0. The van der Waals surface area contributed by atoms with Gasteiger partial charge in [0.2, 0.25) is 0 Å². The molecule has 6 nitrogen and oxygen atoms in total. The smallest absolute Gasteiger partial charge is 0.191 e. The lowest BCUT2D eigenvalue weighted by Gasteiger charge is -2.27. The van der Waals surface area contributed by atoms with Crippen LogP contribution in [0.15, 0.2) is 33.8 Å². The number of aromatic nitrogens is 1. The first-order valence-electron chi connectivity index (χ1n) is 9.90. The lowest BCUT2D eigenvalue weighted by molar-refractivity contribution is 0.119. The number of benzene rings is 1. The van der Waals surface area contributed by atoms with Crippen LogP contribution in [0.4, 0.5) is 0 Å². The number of hydrogen-bond acceptors (Lipinski definition) is 4. The largest absolute Gasteiger partial charge is 0.490 e. The highest BCUT2D eigenvalue weighted by Gasteiger charge is 2.20. The minimum absolute atomic E-state index is 0. The Labute approximate surface area is 184 Å². The predicted molar refractivity (Wildman–Crippen MR) is 122 cm³/mol. The number of para-hydroxylation sites is 1. The Kier molecular flexibility index (Phi) is 9.08. The lowest BCUT2D eigenvalue weighted by Crippen LogP contribution is -2.36. The molecule has 1 aromatic heterocycles. The van der Waals surface area contributed by atoms with Gasteiger partial charge in [-0.2, -0.15) is 0 Å². The summed E-state index contributed by atoms with van der Waals surface area (Å²) < 4.78 is 11.5. The molecule has 1 heterocycles. The quantitative estimate of drug-likeness (QED) is 0.324.